The van der Waals surface area contributed by atoms with Gasteiger partial charge >= 0.3 is 0 Å². The average Bonchev–Trinajstić information content (AvgIpc) is 3.13. The molecule has 9 heteroatoms. The van der Waals surface area contributed by atoms with Crippen molar-refractivity contribution in [2.24, 2.45) is 0 Å². The second-order valence-electron chi connectivity index (χ2n) is 6.21. The van der Waals surface area contributed by atoms with Crippen LogP contribution < -0.4 is 10.1 Å². The van der Waals surface area contributed by atoms with E-state index in [2.05, 4.69) is 10.3 Å². The number of amides is 1. The zero-order valence-corrected chi connectivity index (χ0v) is 18.9. The number of fused-ring (bicyclic) bond motifs is 1. The number of benzene rings is 3. The number of nitrogens with zero attached hydrogens (tertiary/aromatic N) is 1. The Morgan fingerprint density at radius 1 is 0.967 bits per heavy atom. The standard InChI is InChI=1S/C21H12Cl4N2O2S/c22-11-5-6-17(14(24)8-11)29-10-19(28)27-20-13(7-12(23)9-15(20)25)21-26-16-3-1-2-4-18(16)30-21/h1-9H,10H2,(H,27,28). The van der Waals surface area contributed by atoms with Gasteiger partial charge in [-0.25, -0.2) is 4.98 Å². The van der Waals surface area contributed by atoms with Crippen LogP contribution in [0, 0.1) is 0 Å². The zero-order chi connectivity index (χ0) is 21.3. The van der Waals surface area contributed by atoms with E-state index < -0.39 is 5.91 Å². The van der Waals surface area contributed by atoms with Crippen LogP contribution in [0.25, 0.3) is 20.8 Å². The van der Waals surface area contributed by atoms with Gasteiger partial charge in [0.1, 0.15) is 10.8 Å². The minimum absolute atomic E-state index is 0.264. The first-order chi connectivity index (χ1) is 14.4. The molecule has 1 heterocycles. The first kappa shape index (κ1) is 21.2. The summed E-state index contributed by atoms with van der Waals surface area (Å²) in [6, 6.07) is 15.8. The molecule has 0 spiro atoms. The van der Waals surface area contributed by atoms with Gasteiger partial charge in [-0.15, -0.1) is 11.3 Å². The Kier molecular flexibility index (Phi) is 6.37. The van der Waals surface area contributed by atoms with Crippen LogP contribution in [0.1, 0.15) is 0 Å². The number of carbonyl (C=O) groups is 1. The maximum Gasteiger partial charge on any atom is 0.262 e. The lowest BCUT2D eigenvalue weighted by Crippen LogP contribution is -2.21. The molecule has 0 bridgehead atoms. The second-order valence-corrected chi connectivity index (χ2v) is 8.93. The van der Waals surface area contributed by atoms with Crippen molar-refractivity contribution in [3.8, 4) is 16.3 Å². The van der Waals surface area contributed by atoms with Gasteiger partial charge in [0.2, 0.25) is 0 Å². The van der Waals surface area contributed by atoms with Crippen molar-refractivity contribution >= 4 is 79.6 Å². The van der Waals surface area contributed by atoms with Crippen LogP contribution in [-0.2, 0) is 4.79 Å². The van der Waals surface area contributed by atoms with Crippen LogP contribution in [0.3, 0.4) is 0 Å². The normalized spacial score (nSPS) is 10.9. The highest BCUT2D eigenvalue weighted by Gasteiger charge is 2.18. The maximum atomic E-state index is 12.5. The van der Waals surface area contributed by atoms with Gasteiger partial charge in [0.05, 0.1) is 25.9 Å². The Hall–Kier alpha value is -2.02. The molecule has 1 amide bonds. The van der Waals surface area contributed by atoms with Crippen LogP contribution in [0.4, 0.5) is 5.69 Å². The van der Waals surface area contributed by atoms with E-state index in [9.17, 15) is 4.79 Å². The number of hydrogen-bond donors (Lipinski definition) is 1. The van der Waals surface area contributed by atoms with E-state index in [-0.39, 0.29) is 6.61 Å². The van der Waals surface area contributed by atoms with E-state index in [0.717, 1.165) is 10.2 Å². The molecule has 4 rings (SSSR count). The molecular formula is C21H12Cl4N2O2S. The topological polar surface area (TPSA) is 51.2 Å². The molecule has 1 aromatic heterocycles. The van der Waals surface area contributed by atoms with E-state index in [1.54, 1.807) is 24.3 Å². The smallest absolute Gasteiger partial charge is 0.262 e. The van der Waals surface area contributed by atoms with Gasteiger partial charge in [-0.05, 0) is 42.5 Å². The van der Waals surface area contributed by atoms with Crippen LogP contribution in [0.5, 0.6) is 5.75 Å². The molecule has 4 nitrogen and oxygen atoms in total. The van der Waals surface area contributed by atoms with Crippen molar-refractivity contribution in [2.45, 2.75) is 0 Å². The third-order valence-electron chi connectivity index (χ3n) is 4.10. The summed E-state index contributed by atoms with van der Waals surface area (Å²) < 4.78 is 6.51. The number of rotatable bonds is 5. The third kappa shape index (κ3) is 4.66. The SMILES string of the molecule is O=C(COc1ccc(Cl)cc1Cl)Nc1c(Cl)cc(Cl)cc1-c1nc2ccccc2s1. The number of halogens is 4. The van der Waals surface area contributed by atoms with Gasteiger partial charge in [0, 0.05) is 15.6 Å². The highest BCUT2D eigenvalue weighted by atomic mass is 35.5. The minimum atomic E-state index is -0.410. The van der Waals surface area contributed by atoms with Crippen molar-refractivity contribution in [1.82, 2.24) is 4.98 Å². The monoisotopic (exact) mass is 496 g/mol. The third-order valence-corrected chi connectivity index (χ3v) is 6.21. The number of thiazole rings is 1. The average molecular weight is 498 g/mol. The molecule has 0 saturated heterocycles. The van der Waals surface area contributed by atoms with E-state index in [0.29, 0.717) is 42.1 Å². The Bertz CT molecular complexity index is 1230. The predicted molar refractivity (Wildman–Crippen MR) is 126 cm³/mol. The first-order valence-electron chi connectivity index (χ1n) is 8.63. The van der Waals surface area contributed by atoms with E-state index in [1.165, 1.54) is 17.4 Å². The summed E-state index contributed by atoms with van der Waals surface area (Å²) in [6.07, 6.45) is 0. The minimum Gasteiger partial charge on any atom is -0.482 e. The lowest BCUT2D eigenvalue weighted by atomic mass is 10.2. The first-order valence-corrected chi connectivity index (χ1v) is 11.0. The van der Waals surface area contributed by atoms with Gasteiger partial charge in [-0.1, -0.05) is 58.5 Å². The van der Waals surface area contributed by atoms with Crippen molar-refractivity contribution in [1.29, 1.82) is 0 Å². The Balaban J connectivity index is 1.59. The molecule has 0 saturated carbocycles. The molecule has 0 atom stereocenters. The number of nitrogens with one attached hydrogen (secondary N) is 1. The number of hydrogen-bond acceptors (Lipinski definition) is 4. The van der Waals surface area contributed by atoms with E-state index >= 15 is 0 Å². The summed E-state index contributed by atoms with van der Waals surface area (Å²) in [7, 11) is 0. The number of anilines is 1. The Labute approximate surface area is 196 Å². The number of aromatic nitrogens is 1. The van der Waals surface area contributed by atoms with Crippen LogP contribution in [-0.4, -0.2) is 17.5 Å². The van der Waals surface area contributed by atoms with E-state index in [1.807, 2.05) is 24.3 Å². The lowest BCUT2D eigenvalue weighted by molar-refractivity contribution is -0.118. The van der Waals surface area contributed by atoms with Crippen LogP contribution in [0.2, 0.25) is 20.1 Å². The van der Waals surface area contributed by atoms with Crippen molar-refractivity contribution < 1.29 is 9.53 Å². The zero-order valence-electron chi connectivity index (χ0n) is 15.1. The molecule has 152 valence electrons. The summed E-state index contributed by atoms with van der Waals surface area (Å²) in [6.45, 7) is -0.264. The number of ether oxygens (including phenoxy) is 1. The quantitative estimate of drug-likeness (QED) is 0.309. The highest BCUT2D eigenvalue weighted by Crippen LogP contribution is 2.40. The fourth-order valence-corrected chi connectivity index (χ4v) is 4.76. The second kappa shape index (κ2) is 9.00. The predicted octanol–water partition coefficient (Wildman–Crippen LogP) is 7.59. The molecule has 30 heavy (non-hydrogen) atoms. The van der Waals surface area contributed by atoms with Crippen LogP contribution in [0.15, 0.2) is 54.6 Å². The summed E-state index contributed by atoms with van der Waals surface area (Å²) >= 11 is 26.0. The fourth-order valence-electron chi connectivity index (χ4n) is 2.77. The van der Waals surface area contributed by atoms with Gasteiger partial charge in [0.15, 0.2) is 6.61 Å². The molecule has 0 aliphatic rings. The van der Waals surface area contributed by atoms with Crippen molar-refractivity contribution in [2.75, 3.05) is 11.9 Å². The molecule has 1 N–H and O–H groups in total. The molecule has 0 radical (unpaired) electrons. The van der Waals surface area contributed by atoms with Gasteiger partial charge < -0.3 is 10.1 Å². The maximum absolute atomic E-state index is 12.5. The molecule has 0 aliphatic heterocycles. The van der Waals surface area contributed by atoms with Gasteiger partial charge in [-0.2, -0.15) is 0 Å². The van der Waals surface area contributed by atoms with Gasteiger partial charge in [0.25, 0.3) is 5.91 Å². The lowest BCUT2D eigenvalue weighted by Gasteiger charge is -2.13. The van der Waals surface area contributed by atoms with Crippen molar-refractivity contribution in [3.05, 3.63) is 74.7 Å². The molecule has 0 aliphatic carbocycles. The van der Waals surface area contributed by atoms with Crippen LogP contribution >= 0.6 is 57.7 Å². The summed E-state index contributed by atoms with van der Waals surface area (Å²) in [5, 5.41) is 5.02. The number of para-hydroxylation sites is 1. The van der Waals surface area contributed by atoms with E-state index in [4.69, 9.17) is 51.1 Å². The van der Waals surface area contributed by atoms with Gasteiger partial charge in [-0.3, -0.25) is 4.79 Å². The molecule has 3 aromatic carbocycles. The molecule has 0 unspecified atom stereocenters. The Morgan fingerprint density at radius 3 is 2.50 bits per heavy atom. The largest absolute Gasteiger partial charge is 0.482 e. The van der Waals surface area contributed by atoms with Crippen molar-refractivity contribution in [3.63, 3.8) is 0 Å². The fraction of sp³-hybridized carbons (Fsp3) is 0.0476. The summed E-state index contributed by atoms with van der Waals surface area (Å²) in [4.78, 5) is 17.2. The summed E-state index contributed by atoms with van der Waals surface area (Å²) in [5.74, 6) is -0.0579. The summed E-state index contributed by atoms with van der Waals surface area (Å²) in [5.41, 5.74) is 1.90. The number of carbonyl (C=O) groups excluding carboxylic acids is 1. The molecule has 4 aromatic rings. The highest BCUT2D eigenvalue weighted by molar-refractivity contribution is 7.21. The Morgan fingerprint density at radius 2 is 1.73 bits per heavy atom. The molecule has 0 fully saturated rings. The molecular weight excluding hydrogens is 486 g/mol.